The average molecular weight is 359 g/mol. The van der Waals surface area contributed by atoms with Crippen LogP contribution in [0.2, 0.25) is 0 Å². The smallest absolute Gasteiger partial charge is 0.270 e. The average Bonchev–Trinajstić information content (AvgIpc) is 3.12. The Morgan fingerprint density at radius 1 is 1.28 bits per heavy atom. The Balaban J connectivity index is 1.60. The van der Waals surface area contributed by atoms with Gasteiger partial charge in [-0.05, 0) is 56.4 Å². The Kier molecular flexibility index (Phi) is 6.04. The molecule has 3 rings (SSSR count). The summed E-state index contributed by atoms with van der Waals surface area (Å²) >= 11 is 1.48. The third-order valence-corrected chi connectivity index (χ3v) is 5.31. The molecule has 6 heteroatoms. The van der Waals surface area contributed by atoms with Crippen molar-refractivity contribution in [2.24, 2.45) is 5.73 Å². The number of aromatic nitrogens is 1. The molecule has 1 aromatic carbocycles. The van der Waals surface area contributed by atoms with Crippen LogP contribution in [0.5, 0.6) is 5.75 Å². The molecule has 1 aliphatic rings. The number of thiazole rings is 1. The maximum Gasteiger partial charge on any atom is 0.270 e. The lowest BCUT2D eigenvalue weighted by Gasteiger charge is -2.26. The van der Waals surface area contributed by atoms with Gasteiger partial charge >= 0.3 is 0 Å². The minimum absolute atomic E-state index is 0.0918. The second-order valence-electron chi connectivity index (χ2n) is 6.50. The van der Waals surface area contributed by atoms with Gasteiger partial charge in [0.05, 0.1) is 6.61 Å². The standard InChI is InChI=1S/C19H25N3O2S/c1-2-11-24-16-9-3-13(4-10-16)19-22-17(12-25-19)18(23)21-15-7-5-14(20)6-8-15/h3-4,9-10,12,14-15H,2,5-8,11,20H2,1H3,(H,21,23). The molecule has 0 bridgehead atoms. The van der Waals surface area contributed by atoms with Crippen molar-refractivity contribution in [2.75, 3.05) is 6.61 Å². The number of carbonyl (C=O) groups excluding carboxylic acids is 1. The monoisotopic (exact) mass is 359 g/mol. The van der Waals surface area contributed by atoms with Crippen molar-refractivity contribution in [3.05, 3.63) is 35.3 Å². The first-order valence-corrected chi connectivity index (χ1v) is 9.79. The minimum atomic E-state index is -0.0918. The van der Waals surface area contributed by atoms with E-state index < -0.39 is 0 Å². The molecule has 0 atom stereocenters. The highest BCUT2D eigenvalue weighted by atomic mass is 32.1. The van der Waals surface area contributed by atoms with E-state index in [0.717, 1.165) is 48.4 Å². The van der Waals surface area contributed by atoms with Gasteiger partial charge in [0.25, 0.3) is 5.91 Å². The molecule has 0 aliphatic heterocycles. The van der Waals surface area contributed by atoms with E-state index >= 15 is 0 Å². The van der Waals surface area contributed by atoms with Crippen molar-refractivity contribution in [1.82, 2.24) is 10.3 Å². The summed E-state index contributed by atoms with van der Waals surface area (Å²) in [6, 6.07) is 8.34. The molecule has 0 saturated heterocycles. The van der Waals surface area contributed by atoms with Crippen LogP contribution >= 0.6 is 11.3 Å². The van der Waals surface area contributed by atoms with Crippen LogP contribution in [-0.4, -0.2) is 29.6 Å². The topological polar surface area (TPSA) is 77.2 Å². The molecular weight excluding hydrogens is 334 g/mol. The number of benzene rings is 1. The Bertz CT molecular complexity index is 691. The largest absolute Gasteiger partial charge is 0.494 e. The van der Waals surface area contributed by atoms with Gasteiger partial charge in [-0.25, -0.2) is 4.98 Å². The molecule has 1 heterocycles. The molecule has 0 radical (unpaired) electrons. The molecule has 1 fully saturated rings. The molecule has 5 nitrogen and oxygen atoms in total. The van der Waals surface area contributed by atoms with Gasteiger partial charge in [0.1, 0.15) is 16.5 Å². The van der Waals surface area contributed by atoms with Gasteiger partial charge in [-0.1, -0.05) is 6.92 Å². The summed E-state index contributed by atoms with van der Waals surface area (Å²) < 4.78 is 5.59. The van der Waals surface area contributed by atoms with Gasteiger partial charge < -0.3 is 15.8 Å². The number of hydrogen-bond acceptors (Lipinski definition) is 5. The summed E-state index contributed by atoms with van der Waals surface area (Å²) in [4.78, 5) is 16.9. The molecule has 1 aromatic heterocycles. The number of nitrogens with one attached hydrogen (secondary N) is 1. The Morgan fingerprint density at radius 2 is 2.00 bits per heavy atom. The Morgan fingerprint density at radius 3 is 2.68 bits per heavy atom. The van der Waals surface area contributed by atoms with E-state index in [4.69, 9.17) is 10.5 Å². The van der Waals surface area contributed by atoms with Gasteiger partial charge in [-0.15, -0.1) is 11.3 Å². The number of carbonyl (C=O) groups is 1. The molecule has 1 amide bonds. The number of ether oxygens (including phenoxy) is 1. The third kappa shape index (κ3) is 4.80. The molecular formula is C19H25N3O2S. The highest BCUT2D eigenvalue weighted by Crippen LogP contribution is 2.26. The Labute approximate surface area is 152 Å². The predicted octanol–water partition coefficient (Wildman–Crippen LogP) is 3.60. The van der Waals surface area contributed by atoms with E-state index in [2.05, 4.69) is 17.2 Å². The summed E-state index contributed by atoms with van der Waals surface area (Å²) in [5.41, 5.74) is 7.40. The molecule has 0 spiro atoms. The van der Waals surface area contributed by atoms with Crippen molar-refractivity contribution in [3.63, 3.8) is 0 Å². The molecule has 3 N–H and O–H groups in total. The third-order valence-electron chi connectivity index (χ3n) is 4.42. The first-order chi connectivity index (χ1) is 12.2. The van der Waals surface area contributed by atoms with E-state index in [1.165, 1.54) is 11.3 Å². The van der Waals surface area contributed by atoms with Crippen LogP contribution in [0.25, 0.3) is 10.6 Å². The van der Waals surface area contributed by atoms with Gasteiger partial charge in [0.15, 0.2) is 0 Å². The molecule has 25 heavy (non-hydrogen) atoms. The first-order valence-electron chi connectivity index (χ1n) is 8.91. The first kappa shape index (κ1) is 17.9. The lowest BCUT2D eigenvalue weighted by molar-refractivity contribution is 0.0921. The lowest BCUT2D eigenvalue weighted by atomic mass is 9.92. The zero-order chi connectivity index (χ0) is 17.6. The maximum absolute atomic E-state index is 12.4. The lowest BCUT2D eigenvalue weighted by Crippen LogP contribution is -2.40. The van der Waals surface area contributed by atoms with E-state index in [-0.39, 0.29) is 18.0 Å². The summed E-state index contributed by atoms with van der Waals surface area (Å²) in [5.74, 6) is 0.765. The van der Waals surface area contributed by atoms with Crippen LogP contribution in [0.4, 0.5) is 0 Å². The molecule has 1 saturated carbocycles. The summed E-state index contributed by atoms with van der Waals surface area (Å²) in [7, 11) is 0. The Hall–Kier alpha value is -1.92. The number of amides is 1. The van der Waals surface area contributed by atoms with Crippen LogP contribution in [0.3, 0.4) is 0 Å². The zero-order valence-electron chi connectivity index (χ0n) is 14.5. The van der Waals surface area contributed by atoms with E-state index in [9.17, 15) is 4.79 Å². The van der Waals surface area contributed by atoms with Crippen molar-refractivity contribution in [1.29, 1.82) is 0 Å². The normalized spacial score (nSPS) is 20.2. The maximum atomic E-state index is 12.4. The van der Waals surface area contributed by atoms with Crippen LogP contribution < -0.4 is 15.8 Å². The number of hydrogen-bond donors (Lipinski definition) is 2. The zero-order valence-corrected chi connectivity index (χ0v) is 15.3. The minimum Gasteiger partial charge on any atom is -0.494 e. The second-order valence-corrected chi connectivity index (χ2v) is 7.35. The van der Waals surface area contributed by atoms with Crippen molar-refractivity contribution in [2.45, 2.75) is 51.1 Å². The van der Waals surface area contributed by atoms with E-state index in [1.807, 2.05) is 29.6 Å². The van der Waals surface area contributed by atoms with Gasteiger partial charge in [-0.3, -0.25) is 4.79 Å². The van der Waals surface area contributed by atoms with Gasteiger partial charge in [0.2, 0.25) is 0 Å². The van der Waals surface area contributed by atoms with Gasteiger partial charge in [0, 0.05) is 23.0 Å². The van der Waals surface area contributed by atoms with E-state index in [1.54, 1.807) is 0 Å². The summed E-state index contributed by atoms with van der Waals surface area (Å²) in [6.45, 7) is 2.80. The van der Waals surface area contributed by atoms with Crippen LogP contribution in [0.1, 0.15) is 49.5 Å². The highest BCUT2D eigenvalue weighted by Gasteiger charge is 2.21. The fourth-order valence-electron chi connectivity index (χ4n) is 2.95. The van der Waals surface area contributed by atoms with Crippen molar-refractivity contribution < 1.29 is 9.53 Å². The van der Waals surface area contributed by atoms with Crippen molar-refractivity contribution in [3.8, 4) is 16.3 Å². The predicted molar refractivity (Wildman–Crippen MR) is 101 cm³/mol. The van der Waals surface area contributed by atoms with Crippen LogP contribution in [-0.2, 0) is 0 Å². The molecule has 134 valence electrons. The fourth-order valence-corrected chi connectivity index (χ4v) is 3.75. The second kappa shape index (κ2) is 8.45. The quantitative estimate of drug-likeness (QED) is 0.826. The number of nitrogens with zero attached hydrogens (tertiary/aromatic N) is 1. The van der Waals surface area contributed by atoms with Crippen LogP contribution in [0.15, 0.2) is 29.6 Å². The van der Waals surface area contributed by atoms with Gasteiger partial charge in [-0.2, -0.15) is 0 Å². The number of nitrogens with two attached hydrogens (primary N) is 1. The number of rotatable bonds is 6. The molecule has 2 aromatic rings. The molecule has 0 unspecified atom stereocenters. The summed E-state index contributed by atoms with van der Waals surface area (Å²) in [6.07, 6.45) is 4.82. The van der Waals surface area contributed by atoms with E-state index in [0.29, 0.717) is 12.3 Å². The molecule has 1 aliphatic carbocycles. The van der Waals surface area contributed by atoms with Crippen LogP contribution in [0, 0.1) is 0 Å². The summed E-state index contributed by atoms with van der Waals surface area (Å²) in [5, 5.41) is 5.75. The fraction of sp³-hybridized carbons (Fsp3) is 0.474. The SMILES string of the molecule is CCCOc1ccc(-c2nc(C(=O)NC3CCC(N)CC3)cs2)cc1. The van der Waals surface area contributed by atoms with Crippen molar-refractivity contribution >= 4 is 17.2 Å². The highest BCUT2D eigenvalue weighted by molar-refractivity contribution is 7.13.